The van der Waals surface area contributed by atoms with E-state index in [1.165, 1.54) is 0 Å². The number of amides is 1. The first-order chi connectivity index (χ1) is 14.5. The lowest BCUT2D eigenvalue weighted by Crippen LogP contribution is -2.46. The number of likely N-dealkylation sites (N-methyl/N-ethyl adjacent to an activating group) is 1. The number of benzene rings is 2. The van der Waals surface area contributed by atoms with Crippen LogP contribution in [0.1, 0.15) is 12.5 Å². The SMILES string of the molecule is CCN1CCN(c2ccc(NC(=S)NC(=O)COc3ccccc3C)cc2Cl)CC1. The van der Waals surface area contributed by atoms with Crippen LogP contribution in [0.5, 0.6) is 5.75 Å². The number of para-hydroxylation sites is 1. The second-order valence-corrected chi connectivity index (χ2v) is 7.96. The fraction of sp³-hybridized carbons (Fsp3) is 0.364. The maximum Gasteiger partial charge on any atom is 0.264 e. The molecule has 1 fully saturated rings. The van der Waals surface area contributed by atoms with E-state index in [9.17, 15) is 4.79 Å². The van der Waals surface area contributed by atoms with Crippen molar-refractivity contribution < 1.29 is 9.53 Å². The van der Waals surface area contributed by atoms with E-state index in [-0.39, 0.29) is 17.6 Å². The largest absolute Gasteiger partial charge is 0.483 e. The van der Waals surface area contributed by atoms with Gasteiger partial charge in [0, 0.05) is 31.9 Å². The summed E-state index contributed by atoms with van der Waals surface area (Å²) in [6, 6.07) is 13.3. The molecule has 2 aromatic rings. The molecular weight excluding hydrogens is 420 g/mol. The number of anilines is 2. The Morgan fingerprint density at radius 1 is 1.17 bits per heavy atom. The number of ether oxygens (including phenoxy) is 1. The highest BCUT2D eigenvalue weighted by Crippen LogP contribution is 2.29. The minimum Gasteiger partial charge on any atom is -0.483 e. The van der Waals surface area contributed by atoms with Crippen LogP contribution in [0.4, 0.5) is 11.4 Å². The van der Waals surface area contributed by atoms with Crippen LogP contribution in [-0.4, -0.2) is 55.3 Å². The molecule has 1 saturated heterocycles. The van der Waals surface area contributed by atoms with Crippen molar-refractivity contribution in [3.8, 4) is 5.75 Å². The van der Waals surface area contributed by atoms with Crippen molar-refractivity contribution in [3.63, 3.8) is 0 Å². The molecule has 1 aliphatic heterocycles. The molecule has 0 bridgehead atoms. The molecule has 1 heterocycles. The molecular formula is C22H27ClN4O2S. The standard InChI is InChI=1S/C22H27ClN4O2S/c1-3-26-10-12-27(13-11-26)19-9-8-17(14-18(19)23)24-22(30)25-21(28)15-29-20-7-5-4-6-16(20)2/h4-9,14H,3,10-13,15H2,1-2H3,(H2,24,25,28,30). The van der Waals surface area contributed by atoms with Crippen molar-refractivity contribution in [3.05, 3.63) is 53.1 Å². The van der Waals surface area contributed by atoms with Crippen LogP contribution in [0.15, 0.2) is 42.5 Å². The average molecular weight is 447 g/mol. The number of nitrogens with zero attached hydrogens (tertiary/aromatic N) is 2. The van der Waals surface area contributed by atoms with Gasteiger partial charge in [-0.1, -0.05) is 36.7 Å². The topological polar surface area (TPSA) is 56.8 Å². The maximum atomic E-state index is 12.1. The zero-order valence-electron chi connectivity index (χ0n) is 17.3. The molecule has 0 aromatic heterocycles. The van der Waals surface area contributed by atoms with Gasteiger partial charge in [0.1, 0.15) is 5.75 Å². The number of piperazine rings is 1. The fourth-order valence-corrected chi connectivity index (χ4v) is 3.86. The molecule has 30 heavy (non-hydrogen) atoms. The van der Waals surface area contributed by atoms with E-state index >= 15 is 0 Å². The van der Waals surface area contributed by atoms with Gasteiger partial charge in [-0.25, -0.2) is 0 Å². The van der Waals surface area contributed by atoms with E-state index < -0.39 is 0 Å². The van der Waals surface area contributed by atoms with Crippen LogP contribution < -0.4 is 20.3 Å². The zero-order valence-corrected chi connectivity index (χ0v) is 18.9. The Kier molecular flexibility index (Phi) is 7.90. The van der Waals surface area contributed by atoms with Crippen molar-refractivity contribution in [2.75, 3.05) is 49.5 Å². The lowest BCUT2D eigenvalue weighted by molar-refractivity contribution is -0.121. The molecule has 0 aliphatic carbocycles. The molecule has 0 spiro atoms. The molecule has 8 heteroatoms. The Morgan fingerprint density at radius 3 is 2.57 bits per heavy atom. The maximum absolute atomic E-state index is 12.1. The predicted octanol–water partition coefficient (Wildman–Crippen LogP) is 3.68. The second kappa shape index (κ2) is 10.6. The van der Waals surface area contributed by atoms with Gasteiger partial charge < -0.3 is 19.9 Å². The highest BCUT2D eigenvalue weighted by Gasteiger charge is 2.18. The number of aryl methyl sites for hydroxylation is 1. The zero-order chi connectivity index (χ0) is 21.5. The Hall–Kier alpha value is -2.35. The molecule has 0 radical (unpaired) electrons. The lowest BCUT2D eigenvalue weighted by Gasteiger charge is -2.36. The van der Waals surface area contributed by atoms with Crippen LogP contribution in [0.2, 0.25) is 5.02 Å². The number of hydrogen-bond acceptors (Lipinski definition) is 5. The molecule has 0 saturated carbocycles. The van der Waals surface area contributed by atoms with Crippen molar-refractivity contribution in [2.24, 2.45) is 0 Å². The van der Waals surface area contributed by atoms with Crippen LogP contribution in [0.25, 0.3) is 0 Å². The Balaban J connectivity index is 1.49. The van der Waals surface area contributed by atoms with Crippen molar-refractivity contribution >= 4 is 46.2 Å². The van der Waals surface area contributed by atoms with Gasteiger partial charge in [0.15, 0.2) is 11.7 Å². The summed E-state index contributed by atoms with van der Waals surface area (Å²) in [5.41, 5.74) is 2.71. The summed E-state index contributed by atoms with van der Waals surface area (Å²) in [5.74, 6) is 0.348. The number of hydrogen-bond donors (Lipinski definition) is 2. The fourth-order valence-electron chi connectivity index (χ4n) is 3.33. The molecule has 1 aliphatic rings. The number of thiocarbonyl (C=S) groups is 1. The minimum atomic E-state index is -0.327. The summed E-state index contributed by atoms with van der Waals surface area (Å²) >= 11 is 11.7. The molecule has 0 unspecified atom stereocenters. The lowest BCUT2D eigenvalue weighted by atomic mass is 10.2. The number of nitrogens with one attached hydrogen (secondary N) is 2. The molecule has 160 valence electrons. The molecule has 3 rings (SSSR count). The van der Waals surface area contributed by atoms with Gasteiger partial charge >= 0.3 is 0 Å². The van der Waals surface area contributed by atoms with Crippen molar-refractivity contribution in [1.29, 1.82) is 0 Å². The number of rotatable bonds is 6. The average Bonchev–Trinajstić information content (AvgIpc) is 2.73. The van der Waals surface area contributed by atoms with E-state index in [1.54, 1.807) is 0 Å². The molecule has 0 atom stereocenters. The van der Waals surface area contributed by atoms with Crippen molar-refractivity contribution in [2.45, 2.75) is 13.8 Å². The predicted molar refractivity (Wildman–Crippen MR) is 127 cm³/mol. The third-order valence-corrected chi connectivity index (χ3v) is 5.58. The smallest absolute Gasteiger partial charge is 0.264 e. The van der Waals surface area contributed by atoms with E-state index in [0.717, 1.165) is 49.7 Å². The summed E-state index contributed by atoms with van der Waals surface area (Å²) in [4.78, 5) is 16.8. The molecule has 6 nitrogen and oxygen atoms in total. The molecule has 1 amide bonds. The van der Waals surface area contributed by atoms with Gasteiger partial charge in [0.25, 0.3) is 5.91 Å². The van der Waals surface area contributed by atoms with Crippen LogP contribution in [-0.2, 0) is 4.79 Å². The first-order valence-corrected chi connectivity index (χ1v) is 10.8. The van der Waals surface area contributed by atoms with Gasteiger partial charge in [-0.05, 0) is 55.5 Å². The second-order valence-electron chi connectivity index (χ2n) is 7.14. The van der Waals surface area contributed by atoms with E-state index in [4.69, 9.17) is 28.6 Å². The minimum absolute atomic E-state index is 0.115. The molecule has 2 N–H and O–H groups in total. The first kappa shape index (κ1) is 22.3. The summed E-state index contributed by atoms with van der Waals surface area (Å²) in [5, 5.41) is 6.48. The first-order valence-electron chi connectivity index (χ1n) is 10.0. The quantitative estimate of drug-likeness (QED) is 0.660. The number of carbonyl (C=O) groups is 1. The van der Waals surface area contributed by atoms with Gasteiger partial charge in [-0.3, -0.25) is 10.1 Å². The van der Waals surface area contributed by atoms with Crippen molar-refractivity contribution in [1.82, 2.24) is 10.2 Å². The Bertz CT molecular complexity index is 900. The monoisotopic (exact) mass is 446 g/mol. The van der Waals surface area contributed by atoms with Crippen LogP contribution >= 0.6 is 23.8 Å². The highest BCUT2D eigenvalue weighted by atomic mass is 35.5. The third-order valence-electron chi connectivity index (χ3n) is 5.07. The van der Waals surface area contributed by atoms with E-state index in [1.807, 2.05) is 49.4 Å². The van der Waals surface area contributed by atoms with Gasteiger partial charge in [0.2, 0.25) is 0 Å². The normalized spacial score (nSPS) is 14.3. The van der Waals surface area contributed by atoms with Gasteiger partial charge in [-0.2, -0.15) is 0 Å². The number of carbonyl (C=O) groups excluding carboxylic acids is 1. The summed E-state index contributed by atoms with van der Waals surface area (Å²) in [6.07, 6.45) is 0. The van der Waals surface area contributed by atoms with Gasteiger partial charge in [-0.15, -0.1) is 0 Å². The summed E-state index contributed by atoms with van der Waals surface area (Å²) in [6.45, 7) is 9.04. The van der Waals surface area contributed by atoms with Gasteiger partial charge in [0.05, 0.1) is 10.7 Å². The highest BCUT2D eigenvalue weighted by molar-refractivity contribution is 7.80. The van der Waals surface area contributed by atoms with Crippen LogP contribution in [0, 0.1) is 6.92 Å². The molecule has 2 aromatic carbocycles. The van der Waals surface area contributed by atoms with E-state index in [0.29, 0.717) is 10.8 Å². The summed E-state index contributed by atoms with van der Waals surface area (Å²) in [7, 11) is 0. The summed E-state index contributed by atoms with van der Waals surface area (Å²) < 4.78 is 5.54. The Morgan fingerprint density at radius 2 is 1.90 bits per heavy atom. The third kappa shape index (κ3) is 6.08. The number of halogens is 1. The van der Waals surface area contributed by atoms with E-state index in [2.05, 4.69) is 27.4 Å². The Labute approximate surface area is 188 Å². The van der Waals surface area contributed by atoms with Crippen LogP contribution in [0.3, 0.4) is 0 Å².